The minimum atomic E-state index is -2.43. The molecule has 0 spiro atoms. The molecule has 0 bridgehead atoms. The molecule has 74 valence electrons. The normalized spacial score (nSPS) is 13.6. The van der Waals surface area contributed by atoms with Gasteiger partial charge >= 0.3 is 0 Å². The van der Waals surface area contributed by atoms with Crippen LogP contribution in [0.2, 0.25) is 0 Å². The molecule has 3 nitrogen and oxygen atoms in total. The van der Waals surface area contributed by atoms with E-state index in [4.69, 9.17) is 0 Å². The maximum Gasteiger partial charge on any atom is 0.260 e. The van der Waals surface area contributed by atoms with Crippen molar-refractivity contribution in [2.45, 2.75) is 25.9 Å². The lowest BCUT2D eigenvalue weighted by atomic mass is 10.3. The Balaban J connectivity index is 2.90. The van der Waals surface area contributed by atoms with Crippen molar-refractivity contribution in [3.63, 3.8) is 0 Å². The summed E-state index contributed by atoms with van der Waals surface area (Å²) in [5.41, 5.74) is 0. The van der Waals surface area contributed by atoms with Gasteiger partial charge in [-0.15, -0.1) is 0 Å². The van der Waals surface area contributed by atoms with Gasteiger partial charge in [-0.05, 0) is 14.0 Å². The summed E-state index contributed by atoms with van der Waals surface area (Å²) in [6, 6.07) is -0.977. The molecule has 1 aromatic heterocycles. The highest BCUT2D eigenvalue weighted by Gasteiger charge is 2.24. The van der Waals surface area contributed by atoms with Crippen LogP contribution in [0.4, 0.5) is 8.78 Å². The van der Waals surface area contributed by atoms with E-state index < -0.39 is 12.5 Å². The molecule has 0 fully saturated rings. The largest absolute Gasteiger partial charge is 0.334 e. The van der Waals surface area contributed by atoms with Gasteiger partial charge in [-0.2, -0.15) is 0 Å². The summed E-state index contributed by atoms with van der Waals surface area (Å²) in [5.74, 6) is 0.389. The van der Waals surface area contributed by atoms with Crippen molar-refractivity contribution in [1.29, 1.82) is 0 Å². The second-order valence-electron chi connectivity index (χ2n) is 2.67. The first-order valence-corrected chi connectivity index (χ1v) is 4.17. The van der Waals surface area contributed by atoms with Crippen molar-refractivity contribution in [2.24, 2.45) is 0 Å². The first-order valence-electron chi connectivity index (χ1n) is 4.17. The van der Waals surface area contributed by atoms with Gasteiger partial charge in [-0.1, -0.05) is 0 Å². The Morgan fingerprint density at radius 1 is 1.62 bits per heavy atom. The number of hydrogen-bond acceptors (Lipinski definition) is 2. The van der Waals surface area contributed by atoms with Crippen molar-refractivity contribution in [3.8, 4) is 0 Å². The molecule has 0 amide bonds. The van der Waals surface area contributed by atoms with Crippen LogP contribution in [0.15, 0.2) is 12.4 Å². The zero-order valence-corrected chi connectivity index (χ0v) is 7.67. The summed E-state index contributed by atoms with van der Waals surface area (Å²) in [4.78, 5) is 3.90. The maximum absolute atomic E-state index is 12.5. The van der Waals surface area contributed by atoms with E-state index in [9.17, 15) is 8.78 Å². The van der Waals surface area contributed by atoms with Gasteiger partial charge in [0.25, 0.3) is 6.43 Å². The number of hydrogen-bond donors (Lipinski definition) is 1. The van der Waals surface area contributed by atoms with Crippen LogP contribution in [0.5, 0.6) is 0 Å². The summed E-state index contributed by atoms with van der Waals surface area (Å²) >= 11 is 0. The van der Waals surface area contributed by atoms with Crippen LogP contribution < -0.4 is 5.32 Å². The molecule has 1 unspecified atom stereocenters. The van der Waals surface area contributed by atoms with E-state index >= 15 is 0 Å². The van der Waals surface area contributed by atoms with Crippen LogP contribution in [0.1, 0.15) is 18.8 Å². The van der Waals surface area contributed by atoms with Gasteiger partial charge in [-0.3, -0.25) is 0 Å². The third kappa shape index (κ3) is 2.03. The monoisotopic (exact) mass is 189 g/mol. The van der Waals surface area contributed by atoms with Crippen LogP contribution in [-0.4, -0.2) is 23.0 Å². The van der Waals surface area contributed by atoms with Gasteiger partial charge in [0.15, 0.2) is 0 Å². The molecule has 1 rings (SSSR count). The quantitative estimate of drug-likeness (QED) is 0.776. The number of imidazole rings is 1. The van der Waals surface area contributed by atoms with Gasteiger partial charge in [-0.25, -0.2) is 13.8 Å². The van der Waals surface area contributed by atoms with Crippen molar-refractivity contribution in [2.75, 3.05) is 7.05 Å². The van der Waals surface area contributed by atoms with Crippen LogP contribution in [0.3, 0.4) is 0 Å². The number of aryl methyl sites for hydroxylation is 1. The predicted molar refractivity (Wildman–Crippen MR) is 45.7 cm³/mol. The van der Waals surface area contributed by atoms with Crippen LogP contribution in [0, 0.1) is 0 Å². The van der Waals surface area contributed by atoms with Crippen molar-refractivity contribution in [1.82, 2.24) is 14.9 Å². The zero-order chi connectivity index (χ0) is 9.84. The molecule has 1 heterocycles. The van der Waals surface area contributed by atoms with Gasteiger partial charge in [0, 0.05) is 18.9 Å². The second kappa shape index (κ2) is 4.32. The topological polar surface area (TPSA) is 29.9 Å². The molecule has 0 saturated heterocycles. The molecule has 0 radical (unpaired) electrons. The molecular formula is C8H13F2N3. The lowest BCUT2D eigenvalue weighted by Crippen LogP contribution is -2.26. The number of halogens is 2. The molecule has 1 N–H and O–H groups in total. The molecule has 0 saturated carbocycles. The van der Waals surface area contributed by atoms with E-state index in [0.717, 1.165) is 0 Å². The Kier molecular flexibility index (Phi) is 3.36. The van der Waals surface area contributed by atoms with E-state index in [0.29, 0.717) is 12.4 Å². The zero-order valence-electron chi connectivity index (χ0n) is 7.67. The first kappa shape index (κ1) is 10.1. The van der Waals surface area contributed by atoms with Gasteiger partial charge in [0.2, 0.25) is 0 Å². The fourth-order valence-corrected chi connectivity index (χ4v) is 1.23. The standard InChI is InChI=1S/C8H13F2N3/c1-3-13-5-4-12-8(13)6(11-2)7(9)10/h4-7,11H,3H2,1-2H3. The highest BCUT2D eigenvalue weighted by atomic mass is 19.3. The number of aromatic nitrogens is 2. The molecule has 13 heavy (non-hydrogen) atoms. The minimum Gasteiger partial charge on any atom is -0.334 e. The SMILES string of the molecule is CCn1ccnc1C(NC)C(F)F. The average Bonchev–Trinajstić information content (AvgIpc) is 2.53. The summed E-state index contributed by atoms with van der Waals surface area (Å²) in [7, 11) is 1.51. The number of nitrogens with zero attached hydrogens (tertiary/aromatic N) is 2. The lowest BCUT2D eigenvalue weighted by molar-refractivity contribution is 0.0967. The van der Waals surface area contributed by atoms with E-state index in [1.807, 2.05) is 6.92 Å². The predicted octanol–water partition coefficient (Wildman–Crippen LogP) is 1.43. The second-order valence-corrected chi connectivity index (χ2v) is 2.67. The molecule has 0 aromatic carbocycles. The Hall–Kier alpha value is -0.970. The fourth-order valence-electron chi connectivity index (χ4n) is 1.23. The van der Waals surface area contributed by atoms with E-state index in [1.54, 1.807) is 10.8 Å². The third-order valence-corrected chi connectivity index (χ3v) is 1.93. The van der Waals surface area contributed by atoms with Gasteiger partial charge < -0.3 is 9.88 Å². The molecule has 0 aliphatic carbocycles. The maximum atomic E-state index is 12.5. The Labute approximate surface area is 75.8 Å². The fraction of sp³-hybridized carbons (Fsp3) is 0.625. The minimum absolute atomic E-state index is 0.389. The van der Waals surface area contributed by atoms with Gasteiger partial charge in [0.05, 0.1) is 0 Å². The molecule has 1 aromatic rings. The Bertz CT molecular complexity index is 260. The highest BCUT2D eigenvalue weighted by molar-refractivity contribution is 5.00. The molecule has 5 heteroatoms. The molecule has 1 atom stereocenters. The first-order chi connectivity index (χ1) is 6.20. The van der Waals surface area contributed by atoms with Crippen LogP contribution >= 0.6 is 0 Å². The van der Waals surface area contributed by atoms with Crippen LogP contribution in [-0.2, 0) is 6.54 Å². The van der Waals surface area contributed by atoms with E-state index in [1.165, 1.54) is 13.2 Å². The van der Waals surface area contributed by atoms with E-state index in [-0.39, 0.29) is 0 Å². The lowest BCUT2D eigenvalue weighted by Gasteiger charge is -2.15. The summed E-state index contributed by atoms with van der Waals surface area (Å²) in [6.45, 7) is 2.55. The average molecular weight is 189 g/mol. The number of alkyl halides is 2. The molecular weight excluding hydrogens is 176 g/mol. The summed E-state index contributed by atoms with van der Waals surface area (Å²) < 4.78 is 26.6. The molecule has 0 aliphatic heterocycles. The number of rotatable bonds is 4. The van der Waals surface area contributed by atoms with Gasteiger partial charge in [0.1, 0.15) is 11.9 Å². The Morgan fingerprint density at radius 2 is 2.31 bits per heavy atom. The highest BCUT2D eigenvalue weighted by Crippen LogP contribution is 2.18. The summed E-state index contributed by atoms with van der Waals surface area (Å²) in [6.07, 6.45) is 0.797. The third-order valence-electron chi connectivity index (χ3n) is 1.93. The van der Waals surface area contributed by atoms with Crippen molar-refractivity contribution >= 4 is 0 Å². The summed E-state index contributed by atoms with van der Waals surface area (Å²) in [5, 5.41) is 2.55. The Morgan fingerprint density at radius 3 is 2.77 bits per heavy atom. The van der Waals surface area contributed by atoms with Crippen molar-refractivity contribution < 1.29 is 8.78 Å². The molecule has 0 aliphatic rings. The van der Waals surface area contributed by atoms with Crippen molar-refractivity contribution in [3.05, 3.63) is 18.2 Å². The smallest absolute Gasteiger partial charge is 0.260 e. The number of nitrogens with one attached hydrogen (secondary N) is 1. The van der Waals surface area contributed by atoms with E-state index in [2.05, 4.69) is 10.3 Å². The van der Waals surface area contributed by atoms with Crippen LogP contribution in [0.25, 0.3) is 0 Å².